The molecule has 0 bridgehead atoms. The third-order valence-corrected chi connectivity index (χ3v) is 7.17. The number of rotatable bonds is 12. The van der Waals surface area contributed by atoms with Gasteiger partial charge < -0.3 is 14.2 Å². The molecule has 192 valence electrons. The Kier molecular flexibility index (Phi) is 10.8. The summed E-state index contributed by atoms with van der Waals surface area (Å²) in [6, 6.07) is 11.9. The van der Waals surface area contributed by atoms with Gasteiger partial charge in [-0.2, -0.15) is 0 Å². The summed E-state index contributed by atoms with van der Waals surface area (Å²) in [6.45, 7) is 7.57. The van der Waals surface area contributed by atoms with Crippen LogP contribution >= 0.6 is 39.9 Å². The lowest BCUT2D eigenvalue weighted by molar-refractivity contribution is -0.144. The van der Waals surface area contributed by atoms with Gasteiger partial charge in [0.05, 0.1) is 22.6 Å². The van der Waals surface area contributed by atoms with Crippen LogP contribution < -0.4 is 9.47 Å². The first kappa shape index (κ1) is 28.2. The van der Waals surface area contributed by atoms with E-state index in [4.69, 9.17) is 26.4 Å². The van der Waals surface area contributed by atoms with Gasteiger partial charge in [-0.25, -0.2) is 0 Å². The first-order valence-corrected chi connectivity index (χ1v) is 13.9. The zero-order valence-corrected chi connectivity index (χ0v) is 23.9. The van der Waals surface area contributed by atoms with Gasteiger partial charge in [0.15, 0.2) is 11.5 Å². The molecular weight excluding hydrogens is 562 g/mol. The highest BCUT2D eigenvalue weighted by Gasteiger charge is 2.31. The van der Waals surface area contributed by atoms with Crippen molar-refractivity contribution >= 4 is 62.2 Å². The average molecular weight is 593 g/mol. The summed E-state index contributed by atoms with van der Waals surface area (Å²) < 4.78 is 18.3. The van der Waals surface area contributed by atoms with Crippen LogP contribution in [-0.4, -0.2) is 40.9 Å². The number of benzene rings is 2. The van der Waals surface area contributed by atoms with Crippen LogP contribution in [0.15, 0.2) is 45.8 Å². The number of ether oxygens (including phenoxy) is 3. The maximum Gasteiger partial charge on any atom is 0.305 e. The number of esters is 1. The molecule has 1 aliphatic heterocycles. The fourth-order valence-electron chi connectivity index (χ4n) is 3.55. The fourth-order valence-corrected chi connectivity index (χ4v) is 5.43. The number of thioether (sulfide) groups is 1. The van der Waals surface area contributed by atoms with E-state index in [0.29, 0.717) is 53.5 Å². The number of carbonyl (C=O) groups excluding carboxylic acids is 2. The molecule has 0 N–H and O–H groups in total. The molecule has 36 heavy (non-hydrogen) atoms. The molecule has 1 fully saturated rings. The Labute approximate surface area is 230 Å². The zero-order valence-electron chi connectivity index (χ0n) is 20.7. The Morgan fingerprint density at radius 2 is 2.00 bits per heavy atom. The molecule has 0 atom stereocenters. The van der Waals surface area contributed by atoms with Crippen molar-refractivity contribution in [3.8, 4) is 11.5 Å². The van der Waals surface area contributed by atoms with Crippen molar-refractivity contribution in [2.45, 2.75) is 46.6 Å². The molecule has 2 aromatic rings. The summed E-state index contributed by atoms with van der Waals surface area (Å²) in [5.74, 6) is 0.779. The van der Waals surface area contributed by atoms with Crippen molar-refractivity contribution in [1.82, 2.24) is 4.90 Å². The quantitative estimate of drug-likeness (QED) is 0.155. The maximum atomic E-state index is 13.0. The lowest BCUT2D eigenvalue weighted by Crippen LogP contribution is -2.29. The number of hydrogen-bond acceptors (Lipinski definition) is 7. The van der Waals surface area contributed by atoms with Crippen LogP contribution in [0.3, 0.4) is 0 Å². The van der Waals surface area contributed by atoms with E-state index in [2.05, 4.69) is 22.0 Å². The number of nitrogens with zero attached hydrogens (tertiary/aromatic N) is 1. The summed E-state index contributed by atoms with van der Waals surface area (Å²) in [4.78, 5) is 26.8. The van der Waals surface area contributed by atoms with Crippen LogP contribution in [0.4, 0.5) is 0 Å². The molecule has 1 heterocycles. The van der Waals surface area contributed by atoms with Crippen LogP contribution in [-0.2, 0) is 20.9 Å². The van der Waals surface area contributed by atoms with Crippen molar-refractivity contribution in [2.75, 3.05) is 19.8 Å². The summed E-state index contributed by atoms with van der Waals surface area (Å²) >= 11 is 10.3. The lowest BCUT2D eigenvalue weighted by atomic mass is 10.1. The minimum Gasteiger partial charge on any atom is -0.490 e. The van der Waals surface area contributed by atoms with Crippen molar-refractivity contribution in [1.29, 1.82) is 0 Å². The summed E-state index contributed by atoms with van der Waals surface area (Å²) in [5, 5.41) is 0. The second-order valence-corrected chi connectivity index (χ2v) is 10.7. The van der Waals surface area contributed by atoms with Crippen molar-refractivity contribution in [3.05, 3.63) is 62.5 Å². The van der Waals surface area contributed by atoms with Crippen LogP contribution in [0.1, 0.15) is 49.8 Å². The van der Waals surface area contributed by atoms with E-state index in [1.54, 1.807) is 6.08 Å². The molecule has 1 amide bonds. The average Bonchev–Trinajstić information content (AvgIpc) is 3.09. The van der Waals surface area contributed by atoms with Gasteiger partial charge in [0.2, 0.25) is 0 Å². The van der Waals surface area contributed by atoms with E-state index in [1.807, 2.05) is 51.1 Å². The van der Waals surface area contributed by atoms with Gasteiger partial charge in [0.1, 0.15) is 10.9 Å². The highest BCUT2D eigenvalue weighted by molar-refractivity contribution is 9.10. The molecule has 3 rings (SSSR count). The van der Waals surface area contributed by atoms with Crippen molar-refractivity contribution < 1.29 is 23.8 Å². The lowest BCUT2D eigenvalue weighted by Gasteiger charge is -2.15. The molecule has 2 aromatic carbocycles. The van der Waals surface area contributed by atoms with Gasteiger partial charge in [-0.3, -0.25) is 14.5 Å². The highest BCUT2D eigenvalue weighted by atomic mass is 79.9. The Bertz CT molecular complexity index is 1150. The smallest absolute Gasteiger partial charge is 0.305 e. The van der Waals surface area contributed by atoms with Crippen molar-refractivity contribution in [3.63, 3.8) is 0 Å². The Balaban J connectivity index is 1.71. The highest BCUT2D eigenvalue weighted by Crippen LogP contribution is 2.40. The third-order valence-electron chi connectivity index (χ3n) is 5.20. The molecular formula is C27H30BrNO5S2. The maximum absolute atomic E-state index is 13.0. The van der Waals surface area contributed by atoms with Crippen LogP contribution in [0.2, 0.25) is 0 Å². The summed E-state index contributed by atoms with van der Waals surface area (Å²) in [5.41, 5.74) is 3.02. The van der Waals surface area contributed by atoms with Crippen LogP contribution in [0, 0.1) is 6.92 Å². The third kappa shape index (κ3) is 7.82. The van der Waals surface area contributed by atoms with Gasteiger partial charge in [0.25, 0.3) is 5.91 Å². The molecule has 6 nitrogen and oxygen atoms in total. The van der Waals surface area contributed by atoms with E-state index in [-0.39, 0.29) is 18.3 Å². The number of aryl methyl sites for hydroxylation is 1. The summed E-state index contributed by atoms with van der Waals surface area (Å²) in [6.07, 6.45) is 3.33. The van der Waals surface area contributed by atoms with E-state index >= 15 is 0 Å². The van der Waals surface area contributed by atoms with E-state index < -0.39 is 0 Å². The number of hydrogen-bond donors (Lipinski definition) is 0. The normalized spacial score (nSPS) is 14.4. The Morgan fingerprint density at radius 1 is 1.19 bits per heavy atom. The van der Waals surface area contributed by atoms with Gasteiger partial charge in [-0.1, -0.05) is 60.7 Å². The number of amides is 1. The minimum absolute atomic E-state index is 0.166. The largest absolute Gasteiger partial charge is 0.490 e. The number of carbonyl (C=O) groups is 2. The molecule has 0 unspecified atom stereocenters. The van der Waals surface area contributed by atoms with Crippen LogP contribution in [0.5, 0.6) is 11.5 Å². The summed E-state index contributed by atoms with van der Waals surface area (Å²) in [7, 11) is 0. The Hall–Kier alpha value is -2.36. The molecule has 0 aliphatic carbocycles. The van der Waals surface area contributed by atoms with Crippen molar-refractivity contribution in [2.24, 2.45) is 0 Å². The predicted molar refractivity (Wildman–Crippen MR) is 151 cm³/mol. The zero-order chi connectivity index (χ0) is 26.1. The van der Waals surface area contributed by atoms with E-state index in [0.717, 1.165) is 22.0 Å². The first-order chi connectivity index (χ1) is 17.3. The monoisotopic (exact) mass is 591 g/mol. The second-order valence-electron chi connectivity index (χ2n) is 8.20. The van der Waals surface area contributed by atoms with E-state index in [9.17, 15) is 9.59 Å². The molecule has 0 saturated carbocycles. The number of thiocarbonyl (C=S) groups is 1. The van der Waals surface area contributed by atoms with E-state index in [1.165, 1.54) is 22.2 Å². The van der Waals surface area contributed by atoms with Crippen LogP contribution in [0.25, 0.3) is 6.08 Å². The van der Waals surface area contributed by atoms with Gasteiger partial charge in [0, 0.05) is 13.0 Å². The predicted octanol–water partition coefficient (Wildman–Crippen LogP) is 6.67. The fraction of sp³-hybridized carbons (Fsp3) is 0.370. The molecule has 1 saturated heterocycles. The number of halogens is 1. The minimum atomic E-state index is -0.254. The second kappa shape index (κ2) is 13.8. The first-order valence-electron chi connectivity index (χ1n) is 11.9. The molecule has 0 spiro atoms. The Morgan fingerprint density at radius 3 is 2.72 bits per heavy atom. The SMILES string of the molecule is CCCOC(=O)CCCN1C(=O)/C(=C\c2cc(Br)c(OCc3cccc(C)c3)c(OCC)c2)SC1=S. The molecule has 0 aromatic heterocycles. The van der Waals surface area contributed by atoms with Gasteiger partial charge in [-0.15, -0.1) is 0 Å². The molecule has 1 aliphatic rings. The molecule has 0 radical (unpaired) electrons. The molecule has 9 heteroatoms. The van der Waals surface area contributed by atoms with Gasteiger partial charge in [-0.05, 0) is 72.0 Å². The van der Waals surface area contributed by atoms with Gasteiger partial charge >= 0.3 is 5.97 Å². The standard InChI is InChI=1S/C27H30BrNO5S2/c1-4-12-33-24(30)10-7-11-29-26(31)23(36-27(29)35)16-20-14-21(28)25(22(15-20)32-5-2)34-17-19-9-6-8-18(3)13-19/h6,8-9,13-16H,4-5,7,10-12,17H2,1-3H3/b23-16+. The topological polar surface area (TPSA) is 65.1 Å².